The topological polar surface area (TPSA) is 58.9 Å². The average Bonchev–Trinajstić information content (AvgIpc) is 2.16. The van der Waals surface area contributed by atoms with Crippen LogP contribution in [-0.2, 0) is 9.47 Å². The molecule has 4 heteroatoms. The zero-order chi connectivity index (χ0) is 11.2. The Morgan fingerprint density at radius 1 is 1.14 bits per heavy atom. The molecule has 0 aromatic rings. The van der Waals surface area contributed by atoms with Crippen LogP contribution in [0.25, 0.3) is 0 Å². The molecule has 0 heterocycles. The molecule has 1 unspecified atom stereocenters. The zero-order valence-corrected chi connectivity index (χ0v) is 9.53. The summed E-state index contributed by atoms with van der Waals surface area (Å²) in [5, 5.41) is 16.7. The number of ether oxygens (including phenoxy) is 2. The van der Waals surface area contributed by atoms with Crippen molar-refractivity contribution < 1.29 is 19.7 Å². The fraction of sp³-hybridized carbons (Fsp3) is 1.00. The average molecular weight is 208 g/mol. The summed E-state index contributed by atoms with van der Waals surface area (Å²) >= 11 is 0. The van der Waals surface area contributed by atoms with Crippen molar-refractivity contribution in [3.8, 4) is 0 Å². The molecule has 88 valence electrons. The third kappa shape index (κ3) is 22.6. The third-order valence-corrected chi connectivity index (χ3v) is 1.15. The van der Waals surface area contributed by atoms with Gasteiger partial charge in [0.05, 0.1) is 25.9 Å². The van der Waals surface area contributed by atoms with Gasteiger partial charge in [-0.25, -0.2) is 0 Å². The lowest BCUT2D eigenvalue weighted by atomic mass is 10.4. The molecule has 0 bridgehead atoms. The second kappa shape index (κ2) is 15.3. The Kier molecular flexibility index (Phi) is 17.8. The van der Waals surface area contributed by atoms with Crippen molar-refractivity contribution in [1.82, 2.24) is 0 Å². The van der Waals surface area contributed by atoms with E-state index in [2.05, 4.69) is 0 Å². The molecule has 0 aromatic carbocycles. The van der Waals surface area contributed by atoms with Crippen molar-refractivity contribution in [3.63, 3.8) is 0 Å². The van der Waals surface area contributed by atoms with E-state index in [-0.39, 0.29) is 12.7 Å². The summed E-state index contributed by atoms with van der Waals surface area (Å²) in [5.41, 5.74) is 0. The molecule has 1 atom stereocenters. The second-order valence-corrected chi connectivity index (χ2v) is 2.84. The van der Waals surface area contributed by atoms with Gasteiger partial charge in [-0.3, -0.25) is 0 Å². The van der Waals surface area contributed by atoms with E-state index in [4.69, 9.17) is 19.7 Å². The van der Waals surface area contributed by atoms with E-state index in [1.807, 2.05) is 13.8 Å². The largest absolute Gasteiger partial charge is 0.394 e. The molecular weight excluding hydrogens is 184 g/mol. The Morgan fingerprint density at radius 2 is 1.79 bits per heavy atom. The maximum atomic E-state index is 8.65. The third-order valence-electron chi connectivity index (χ3n) is 1.15. The normalized spacial score (nSPS) is 11.8. The van der Waals surface area contributed by atoms with Crippen LogP contribution in [0.15, 0.2) is 0 Å². The van der Waals surface area contributed by atoms with Crippen LogP contribution in [0.4, 0.5) is 0 Å². The van der Waals surface area contributed by atoms with E-state index in [0.29, 0.717) is 19.8 Å². The summed E-state index contributed by atoms with van der Waals surface area (Å²) in [6, 6.07) is 0. The van der Waals surface area contributed by atoms with Crippen LogP contribution in [0.5, 0.6) is 0 Å². The highest BCUT2D eigenvalue weighted by Crippen LogP contribution is 1.83. The quantitative estimate of drug-likeness (QED) is 0.608. The highest BCUT2D eigenvalue weighted by molar-refractivity contribution is 4.39. The molecule has 0 saturated heterocycles. The van der Waals surface area contributed by atoms with Gasteiger partial charge in [-0.05, 0) is 20.3 Å². The summed E-state index contributed by atoms with van der Waals surface area (Å²) < 4.78 is 9.73. The van der Waals surface area contributed by atoms with Gasteiger partial charge in [0.1, 0.15) is 0 Å². The van der Waals surface area contributed by atoms with Crippen molar-refractivity contribution in [2.45, 2.75) is 33.3 Å². The highest BCUT2D eigenvalue weighted by Gasteiger charge is 1.91. The first-order chi connectivity index (χ1) is 6.68. The maximum Gasteiger partial charge on any atom is 0.0745 e. The lowest BCUT2D eigenvalue weighted by Crippen LogP contribution is -2.10. The van der Waals surface area contributed by atoms with Gasteiger partial charge in [0.2, 0.25) is 0 Å². The number of aliphatic hydroxyl groups excluding tert-OH is 2. The predicted octanol–water partition coefficient (Wildman–Crippen LogP) is 0.809. The summed E-state index contributed by atoms with van der Waals surface area (Å²) in [4.78, 5) is 0. The number of hydrogen-bond donors (Lipinski definition) is 2. The minimum Gasteiger partial charge on any atom is -0.394 e. The van der Waals surface area contributed by atoms with E-state index in [0.717, 1.165) is 13.0 Å². The van der Waals surface area contributed by atoms with E-state index in [1.54, 1.807) is 6.92 Å². The van der Waals surface area contributed by atoms with Crippen molar-refractivity contribution in [2.75, 3.05) is 33.0 Å². The van der Waals surface area contributed by atoms with E-state index in [9.17, 15) is 0 Å². The van der Waals surface area contributed by atoms with E-state index < -0.39 is 0 Å². The van der Waals surface area contributed by atoms with Gasteiger partial charge in [0, 0.05) is 13.2 Å². The molecule has 4 nitrogen and oxygen atoms in total. The molecule has 14 heavy (non-hydrogen) atoms. The molecule has 0 saturated carbocycles. The van der Waals surface area contributed by atoms with Gasteiger partial charge in [-0.15, -0.1) is 0 Å². The first-order valence-electron chi connectivity index (χ1n) is 5.13. The molecular formula is C10H24O4. The molecule has 2 N–H and O–H groups in total. The Morgan fingerprint density at radius 3 is 2.07 bits per heavy atom. The van der Waals surface area contributed by atoms with Gasteiger partial charge in [-0.1, -0.05) is 6.92 Å². The number of hydrogen-bond acceptors (Lipinski definition) is 4. The second-order valence-electron chi connectivity index (χ2n) is 2.84. The lowest BCUT2D eigenvalue weighted by molar-refractivity contribution is 0.0466. The first kappa shape index (κ1) is 16.3. The Bertz CT molecular complexity index is 82.2. The van der Waals surface area contributed by atoms with Crippen LogP contribution in [0.3, 0.4) is 0 Å². The fourth-order valence-corrected chi connectivity index (χ4v) is 0.607. The minimum absolute atomic E-state index is 0.133. The Labute approximate surface area is 86.8 Å². The number of aliphatic hydroxyl groups is 2. The van der Waals surface area contributed by atoms with Gasteiger partial charge >= 0.3 is 0 Å². The highest BCUT2D eigenvalue weighted by atomic mass is 16.5. The van der Waals surface area contributed by atoms with Crippen molar-refractivity contribution >= 4 is 0 Å². The summed E-state index contributed by atoms with van der Waals surface area (Å²) in [7, 11) is 0. The molecule has 0 rings (SSSR count). The summed E-state index contributed by atoms with van der Waals surface area (Å²) in [6.07, 6.45) is 0.703. The van der Waals surface area contributed by atoms with Crippen molar-refractivity contribution in [2.24, 2.45) is 0 Å². The SMILES string of the molecule is CCCOCC(C)O.CCOCCO. The molecule has 0 aliphatic heterocycles. The van der Waals surface area contributed by atoms with E-state index in [1.165, 1.54) is 0 Å². The Balaban J connectivity index is 0. The molecule has 0 aliphatic rings. The van der Waals surface area contributed by atoms with Crippen LogP contribution in [0.2, 0.25) is 0 Å². The molecule has 0 amide bonds. The standard InChI is InChI=1S/C6H14O2.C4H10O2/c1-3-4-8-5-6(2)7;1-2-6-4-3-5/h6-7H,3-5H2,1-2H3;5H,2-4H2,1H3. The van der Waals surface area contributed by atoms with E-state index >= 15 is 0 Å². The summed E-state index contributed by atoms with van der Waals surface area (Å²) in [5.74, 6) is 0. The monoisotopic (exact) mass is 208 g/mol. The van der Waals surface area contributed by atoms with Crippen molar-refractivity contribution in [1.29, 1.82) is 0 Å². The molecule has 0 radical (unpaired) electrons. The molecule has 0 fully saturated rings. The lowest BCUT2D eigenvalue weighted by Gasteiger charge is -2.02. The molecule has 0 aliphatic carbocycles. The van der Waals surface area contributed by atoms with Gasteiger partial charge in [0.25, 0.3) is 0 Å². The zero-order valence-electron chi connectivity index (χ0n) is 9.53. The molecule has 0 aromatic heterocycles. The fourth-order valence-electron chi connectivity index (χ4n) is 0.607. The number of rotatable bonds is 7. The van der Waals surface area contributed by atoms with Gasteiger partial charge in [0.15, 0.2) is 0 Å². The van der Waals surface area contributed by atoms with Crippen molar-refractivity contribution in [3.05, 3.63) is 0 Å². The van der Waals surface area contributed by atoms with Crippen LogP contribution in [0.1, 0.15) is 27.2 Å². The van der Waals surface area contributed by atoms with Gasteiger partial charge < -0.3 is 19.7 Å². The van der Waals surface area contributed by atoms with Crippen LogP contribution in [-0.4, -0.2) is 49.4 Å². The smallest absolute Gasteiger partial charge is 0.0745 e. The molecule has 0 spiro atoms. The maximum absolute atomic E-state index is 8.65. The minimum atomic E-state index is -0.318. The summed E-state index contributed by atoms with van der Waals surface area (Å²) in [6.45, 7) is 8.18. The van der Waals surface area contributed by atoms with Crippen LogP contribution >= 0.6 is 0 Å². The first-order valence-corrected chi connectivity index (χ1v) is 5.13. The van der Waals surface area contributed by atoms with Crippen LogP contribution < -0.4 is 0 Å². The Hall–Kier alpha value is -0.160. The van der Waals surface area contributed by atoms with Gasteiger partial charge in [-0.2, -0.15) is 0 Å². The predicted molar refractivity (Wildman–Crippen MR) is 56.4 cm³/mol. The van der Waals surface area contributed by atoms with Crippen LogP contribution in [0, 0.1) is 0 Å².